The molecule has 0 radical (unpaired) electrons. The molecule has 1 fully saturated rings. The molecular formula is C18H18N2O3S. The molecule has 0 amide bonds. The summed E-state index contributed by atoms with van der Waals surface area (Å²) in [5.41, 5.74) is 1.87. The van der Waals surface area contributed by atoms with E-state index in [4.69, 9.17) is 4.74 Å². The van der Waals surface area contributed by atoms with Gasteiger partial charge >= 0.3 is 0 Å². The van der Waals surface area contributed by atoms with Gasteiger partial charge < -0.3 is 9.64 Å². The minimum absolute atomic E-state index is 0.305. The molecule has 2 heterocycles. The molecule has 4 rings (SSSR count). The zero-order valence-electron chi connectivity index (χ0n) is 13.3. The van der Waals surface area contributed by atoms with E-state index in [0.717, 1.165) is 30.8 Å². The van der Waals surface area contributed by atoms with Crippen LogP contribution < -0.4 is 4.74 Å². The van der Waals surface area contributed by atoms with Crippen molar-refractivity contribution in [1.82, 2.24) is 4.90 Å². The average Bonchev–Trinajstić information content (AvgIpc) is 3.18. The van der Waals surface area contributed by atoms with E-state index < -0.39 is 10.0 Å². The van der Waals surface area contributed by atoms with Gasteiger partial charge in [0, 0.05) is 24.6 Å². The lowest BCUT2D eigenvalue weighted by atomic mass is 9.97. The van der Waals surface area contributed by atoms with Crippen molar-refractivity contribution >= 4 is 15.9 Å². The van der Waals surface area contributed by atoms with Crippen molar-refractivity contribution in [3.05, 3.63) is 59.7 Å². The zero-order chi connectivity index (χ0) is 16.7. The van der Waals surface area contributed by atoms with E-state index in [2.05, 4.69) is 15.4 Å². The van der Waals surface area contributed by atoms with Crippen LogP contribution in [0.25, 0.3) is 0 Å². The molecule has 2 aliphatic heterocycles. The molecule has 6 heteroatoms. The van der Waals surface area contributed by atoms with Crippen LogP contribution in [0.4, 0.5) is 0 Å². The van der Waals surface area contributed by atoms with Crippen molar-refractivity contribution in [2.24, 2.45) is 4.40 Å². The Hall–Kier alpha value is -2.34. The number of para-hydroxylation sites is 1. The third-order valence-corrected chi connectivity index (χ3v) is 6.00. The number of nitrogens with zero attached hydrogens (tertiary/aromatic N) is 2. The molecule has 2 aromatic rings. The number of amidine groups is 1. The summed E-state index contributed by atoms with van der Waals surface area (Å²) >= 11 is 0. The Bertz CT molecular complexity index is 921. The molecule has 1 saturated heterocycles. The van der Waals surface area contributed by atoms with Gasteiger partial charge in [-0.1, -0.05) is 30.3 Å². The first kappa shape index (κ1) is 15.2. The van der Waals surface area contributed by atoms with E-state index in [1.165, 1.54) is 0 Å². The number of hydrogen-bond donors (Lipinski definition) is 0. The summed E-state index contributed by atoms with van der Waals surface area (Å²) in [7, 11) is -1.89. The van der Waals surface area contributed by atoms with E-state index in [1.54, 1.807) is 19.2 Å². The van der Waals surface area contributed by atoms with Crippen LogP contribution in [0.5, 0.6) is 5.75 Å². The van der Waals surface area contributed by atoms with Crippen LogP contribution >= 0.6 is 0 Å². The molecule has 0 aliphatic carbocycles. The summed E-state index contributed by atoms with van der Waals surface area (Å²) in [5.74, 6) is 1.76. The Morgan fingerprint density at radius 3 is 2.71 bits per heavy atom. The van der Waals surface area contributed by atoms with E-state index in [-0.39, 0.29) is 0 Å². The number of methoxy groups -OCH3 is 1. The van der Waals surface area contributed by atoms with Crippen LogP contribution in [0.3, 0.4) is 0 Å². The molecular weight excluding hydrogens is 324 g/mol. The maximum absolute atomic E-state index is 12.2. The third-order valence-electron chi connectivity index (χ3n) is 4.68. The van der Waals surface area contributed by atoms with Crippen LogP contribution in [0.1, 0.15) is 23.5 Å². The maximum Gasteiger partial charge on any atom is 0.285 e. The Kier molecular flexibility index (Phi) is 3.57. The van der Waals surface area contributed by atoms with Gasteiger partial charge in [0.25, 0.3) is 10.0 Å². The van der Waals surface area contributed by atoms with Crippen molar-refractivity contribution in [2.75, 3.05) is 20.2 Å². The monoisotopic (exact) mass is 342 g/mol. The Balaban J connectivity index is 1.65. The fraction of sp³-hybridized carbons (Fsp3) is 0.278. The topological polar surface area (TPSA) is 59.0 Å². The van der Waals surface area contributed by atoms with Crippen LogP contribution in [-0.2, 0) is 10.0 Å². The van der Waals surface area contributed by atoms with E-state index in [9.17, 15) is 8.42 Å². The van der Waals surface area contributed by atoms with Gasteiger partial charge in [-0.2, -0.15) is 8.42 Å². The lowest BCUT2D eigenvalue weighted by molar-refractivity contribution is 0.405. The van der Waals surface area contributed by atoms with Crippen molar-refractivity contribution in [1.29, 1.82) is 0 Å². The predicted octanol–water partition coefficient (Wildman–Crippen LogP) is 2.63. The highest BCUT2D eigenvalue weighted by Gasteiger charge is 2.35. The first-order chi connectivity index (χ1) is 11.6. The maximum atomic E-state index is 12.2. The first-order valence-corrected chi connectivity index (χ1v) is 9.36. The summed E-state index contributed by atoms with van der Waals surface area (Å²) in [6.45, 7) is 1.52. The van der Waals surface area contributed by atoms with Gasteiger partial charge in [-0.25, -0.2) is 0 Å². The fourth-order valence-corrected chi connectivity index (χ4v) is 4.75. The van der Waals surface area contributed by atoms with Crippen molar-refractivity contribution < 1.29 is 13.2 Å². The van der Waals surface area contributed by atoms with E-state index in [0.29, 0.717) is 22.2 Å². The van der Waals surface area contributed by atoms with Crippen molar-refractivity contribution in [3.63, 3.8) is 0 Å². The van der Waals surface area contributed by atoms with Gasteiger partial charge in [-0.3, -0.25) is 0 Å². The van der Waals surface area contributed by atoms with Crippen LogP contribution in [0.15, 0.2) is 57.8 Å². The molecule has 0 bridgehead atoms. The predicted molar refractivity (Wildman–Crippen MR) is 92.1 cm³/mol. The Morgan fingerprint density at radius 2 is 1.88 bits per heavy atom. The number of fused-ring (bicyclic) bond motifs is 1. The van der Waals surface area contributed by atoms with Gasteiger partial charge in [0.1, 0.15) is 10.6 Å². The second-order valence-corrected chi connectivity index (χ2v) is 7.63. The summed E-state index contributed by atoms with van der Waals surface area (Å²) in [6.07, 6.45) is 0.946. The lowest BCUT2D eigenvalue weighted by Gasteiger charge is -2.19. The Morgan fingerprint density at radius 1 is 1.12 bits per heavy atom. The molecule has 0 saturated carbocycles. The minimum Gasteiger partial charge on any atom is -0.496 e. The molecule has 5 nitrogen and oxygen atoms in total. The quantitative estimate of drug-likeness (QED) is 0.842. The zero-order valence-corrected chi connectivity index (χ0v) is 14.2. The molecule has 0 aromatic heterocycles. The van der Waals surface area contributed by atoms with Crippen LogP contribution in [-0.4, -0.2) is 39.4 Å². The highest BCUT2D eigenvalue weighted by atomic mass is 32.2. The fourth-order valence-electron chi connectivity index (χ4n) is 3.53. The summed E-state index contributed by atoms with van der Waals surface area (Å²) in [5, 5.41) is 0. The number of benzene rings is 2. The molecule has 1 atom stereocenters. The number of likely N-dealkylation sites (tertiary alicyclic amines) is 1. The number of rotatable bonds is 2. The number of hydrogen-bond acceptors (Lipinski definition) is 4. The van der Waals surface area contributed by atoms with Crippen LogP contribution in [0.2, 0.25) is 0 Å². The summed E-state index contributed by atoms with van der Waals surface area (Å²) < 4.78 is 34.0. The van der Waals surface area contributed by atoms with Gasteiger partial charge in [-0.15, -0.1) is 4.40 Å². The molecule has 1 unspecified atom stereocenters. The van der Waals surface area contributed by atoms with Gasteiger partial charge in [0.2, 0.25) is 0 Å². The average molecular weight is 342 g/mol. The summed E-state index contributed by atoms with van der Waals surface area (Å²) in [6, 6.07) is 15.0. The standard InChI is InChI=1S/C18H18N2O3S/c1-23-16-8-4-2-6-14(16)13-10-11-20(12-13)18-15-7-3-5-9-17(15)24(21,22)19-18/h2-9,13H,10-12H2,1H3. The summed E-state index contributed by atoms with van der Waals surface area (Å²) in [4.78, 5) is 2.38. The van der Waals surface area contributed by atoms with Crippen molar-refractivity contribution in [2.45, 2.75) is 17.2 Å². The molecule has 24 heavy (non-hydrogen) atoms. The van der Waals surface area contributed by atoms with Gasteiger partial charge in [0.05, 0.1) is 7.11 Å². The smallest absolute Gasteiger partial charge is 0.285 e. The highest BCUT2D eigenvalue weighted by Crippen LogP contribution is 2.36. The third kappa shape index (κ3) is 2.38. The lowest BCUT2D eigenvalue weighted by Crippen LogP contribution is -2.28. The van der Waals surface area contributed by atoms with E-state index in [1.807, 2.05) is 30.3 Å². The highest BCUT2D eigenvalue weighted by molar-refractivity contribution is 7.90. The first-order valence-electron chi connectivity index (χ1n) is 7.92. The largest absolute Gasteiger partial charge is 0.496 e. The molecule has 124 valence electrons. The number of ether oxygens (including phenoxy) is 1. The molecule has 2 aliphatic rings. The normalized spacial score (nSPS) is 21.5. The van der Waals surface area contributed by atoms with Gasteiger partial charge in [0.15, 0.2) is 5.84 Å². The second kappa shape index (κ2) is 5.63. The van der Waals surface area contributed by atoms with Crippen molar-refractivity contribution in [3.8, 4) is 5.75 Å². The Labute approximate surface area is 141 Å². The molecule has 0 N–H and O–H groups in total. The van der Waals surface area contributed by atoms with Gasteiger partial charge in [-0.05, 0) is 30.2 Å². The SMILES string of the molecule is COc1ccccc1C1CCN(C2=NS(=O)(=O)c3ccccc32)C1. The van der Waals surface area contributed by atoms with E-state index >= 15 is 0 Å². The minimum atomic E-state index is -3.57. The molecule has 2 aromatic carbocycles. The van der Waals surface area contributed by atoms with Crippen LogP contribution in [0, 0.1) is 0 Å². The number of sulfonamides is 1. The molecule has 0 spiro atoms. The second-order valence-electron chi connectivity index (χ2n) is 6.06.